The van der Waals surface area contributed by atoms with Gasteiger partial charge in [0.25, 0.3) is 0 Å². The van der Waals surface area contributed by atoms with E-state index < -0.39 is 0 Å². The van der Waals surface area contributed by atoms with Crippen LogP contribution in [-0.4, -0.2) is 16.4 Å². The Bertz CT molecular complexity index is 278. The molecule has 0 N–H and O–H groups in total. The Labute approximate surface area is 65.3 Å². The minimum Gasteiger partial charge on any atom is -0.477 e. The molecule has 0 amide bonds. The summed E-state index contributed by atoms with van der Waals surface area (Å²) in [6.45, 7) is 5.44. The number of hydrogen-bond donors (Lipinski definition) is 0. The van der Waals surface area contributed by atoms with Gasteiger partial charge in [0.15, 0.2) is 0 Å². The molecule has 3 heteroatoms. The maximum Gasteiger partial charge on any atom is 0.219 e. The number of hydrogen-bond acceptors (Lipinski definition) is 2. The van der Waals surface area contributed by atoms with E-state index in [4.69, 9.17) is 4.74 Å². The highest BCUT2D eigenvalue weighted by Gasteiger charge is 2.13. The first kappa shape index (κ1) is 6.46. The van der Waals surface area contributed by atoms with Gasteiger partial charge in [0.05, 0.1) is 18.4 Å². The molecule has 0 saturated heterocycles. The Morgan fingerprint density at radius 2 is 2.64 bits per heavy atom. The lowest BCUT2D eigenvalue weighted by Gasteiger charge is -2.14. The molecule has 1 aromatic heterocycles. The Hall–Kier alpha value is -1.25. The van der Waals surface area contributed by atoms with Gasteiger partial charge in [-0.1, -0.05) is 12.7 Å². The molecule has 0 unspecified atom stereocenters. The van der Waals surface area contributed by atoms with Crippen LogP contribution < -0.4 is 4.74 Å². The quantitative estimate of drug-likeness (QED) is 0.603. The topological polar surface area (TPSA) is 27.1 Å². The monoisotopic (exact) mass is 150 g/mol. The molecular formula is C8H10N2O. The average Bonchev–Trinajstić information content (AvgIpc) is 2.47. The fourth-order valence-corrected chi connectivity index (χ4v) is 1.23. The van der Waals surface area contributed by atoms with Gasteiger partial charge >= 0.3 is 0 Å². The predicted octanol–water partition coefficient (Wildman–Crippen LogP) is 1.31. The van der Waals surface area contributed by atoms with Crippen molar-refractivity contribution in [3.8, 4) is 5.88 Å². The Balaban J connectivity index is 2.45. The van der Waals surface area contributed by atoms with E-state index >= 15 is 0 Å². The second-order valence-corrected chi connectivity index (χ2v) is 2.53. The van der Waals surface area contributed by atoms with E-state index in [0.29, 0.717) is 0 Å². The van der Waals surface area contributed by atoms with E-state index in [0.717, 1.165) is 31.0 Å². The van der Waals surface area contributed by atoms with Crippen LogP contribution in [0.25, 0.3) is 6.08 Å². The van der Waals surface area contributed by atoms with Gasteiger partial charge in [-0.3, -0.25) is 0 Å². The van der Waals surface area contributed by atoms with Crippen LogP contribution in [0.4, 0.5) is 0 Å². The molecule has 1 aliphatic rings. The summed E-state index contributed by atoms with van der Waals surface area (Å²) >= 11 is 0. The van der Waals surface area contributed by atoms with E-state index in [1.54, 1.807) is 12.3 Å². The Morgan fingerprint density at radius 1 is 1.73 bits per heavy atom. The summed E-state index contributed by atoms with van der Waals surface area (Å²) in [4.78, 5) is 0. The highest BCUT2D eigenvalue weighted by atomic mass is 16.5. The molecule has 3 nitrogen and oxygen atoms in total. The summed E-state index contributed by atoms with van der Waals surface area (Å²) < 4.78 is 7.29. The van der Waals surface area contributed by atoms with Gasteiger partial charge in [-0.15, -0.1) is 0 Å². The lowest BCUT2D eigenvalue weighted by atomic mass is 10.3. The molecule has 2 heterocycles. The zero-order chi connectivity index (χ0) is 7.68. The van der Waals surface area contributed by atoms with Crippen molar-refractivity contribution in [3.05, 3.63) is 18.3 Å². The van der Waals surface area contributed by atoms with Gasteiger partial charge in [-0.25, -0.2) is 4.68 Å². The molecule has 2 rings (SSSR count). The molecule has 11 heavy (non-hydrogen) atoms. The number of nitrogens with zero attached hydrogens (tertiary/aromatic N) is 2. The number of aromatic nitrogens is 2. The van der Waals surface area contributed by atoms with E-state index in [9.17, 15) is 0 Å². The van der Waals surface area contributed by atoms with Crippen molar-refractivity contribution >= 4 is 6.08 Å². The van der Waals surface area contributed by atoms with Crippen molar-refractivity contribution in [2.24, 2.45) is 0 Å². The van der Waals surface area contributed by atoms with Crippen LogP contribution in [-0.2, 0) is 6.54 Å². The van der Waals surface area contributed by atoms with Gasteiger partial charge in [0.1, 0.15) is 0 Å². The smallest absolute Gasteiger partial charge is 0.219 e. The second kappa shape index (κ2) is 2.42. The third kappa shape index (κ3) is 0.926. The molecule has 0 radical (unpaired) electrons. The van der Waals surface area contributed by atoms with Crippen LogP contribution in [0.15, 0.2) is 12.8 Å². The zero-order valence-electron chi connectivity index (χ0n) is 6.29. The van der Waals surface area contributed by atoms with Crippen molar-refractivity contribution in [2.45, 2.75) is 13.0 Å². The first-order valence-electron chi connectivity index (χ1n) is 3.73. The van der Waals surface area contributed by atoms with E-state index in [1.165, 1.54) is 0 Å². The van der Waals surface area contributed by atoms with Gasteiger partial charge in [0, 0.05) is 13.0 Å². The molecule has 0 atom stereocenters. The molecule has 1 aliphatic heterocycles. The average molecular weight is 150 g/mol. The SMILES string of the molecule is C=Cc1cnn2c1OCCC2. The van der Waals surface area contributed by atoms with Gasteiger partial charge in [-0.2, -0.15) is 5.10 Å². The summed E-state index contributed by atoms with van der Waals surface area (Å²) in [6.07, 6.45) is 4.60. The summed E-state index contributed by atoms with van der Waals surface area (Å²) in [5.41, 5.74) is 0.990. The molecule has 1 aromatic rings. The number of rotatable bonds is 1. The van der Waals surface area contributed by atoms with Crippen LogP contribution in [0.5, 0.6) is 5.88 Å². The predicted molar refractivity (Wildman–Crippen MR) is 42.4 cm³/mol. The summed E-state index contributed by atoms with van der Waals surface area (Å²) in [5.74, 6) is 0.867. The first-order chi connectivity index (χ1) is 5.42. The molecule has 0 fully saturated rings. The van der Waals surface area contributed by atoms with Crippen LogP contribution >= 0.6 is 0 Å². The third-order valence-corrected chi connectivity index (χ3v) is 1.79. The maximum atomic E-state index is 5.41. The summed E-state index contributed by atoms with van der Waals surface area (Å²) in [6, 6.07) is 0. The van der Waals surface area contributed by atoms with Gasteiger partial charge in [-0.05, 0) is 0 Å². The standard InChI is InChI=1S/C8H10N2O/c1-2-7-6-9-10-4-3-5-11-8(7)10/h2,6H,1,3-5H2. The maximum absolute atomic E-state index is 5.41. The zero-order valence-corrected chi connectivity index (χ0v) is 6.29. The summed E-state index contributed by atoms with van der Waals surface area (Å²) in [7, 11) is 0. The molecular weight excluding hydrogens is 140 g/mol. The van der Waals surface area contributed by atoms with Crippen molar-refractivity contribution in [1.82, 2.24) is 9.78 Å². The number of ether oxygens (including phenoxy) is 1. The van der Waals surface area contributed by atoms with E-state index in [2.05, 4.69) is 11.7 Å². The lowest BCUT2D eigenvalue weighted by Crippen LogP contribution is -2.14. The highest BCUT2D eigenvalue weighted by Crippen LogP contribution is 2.22. The second-order valence-electron chi connectivity index (χ2n) is 2.53. The first-order valence-corrected chi connectivity index (χ1v) is 3.73. The van der Waals surface area contributed by atoms with Crippen LogP contribution in [0.1, 0.15) is 12.0 Å². The molecule has 0 aliphatic carbocycles. The van der Waals surface area contributed by atoms with Crippen molar-refractivity contribution in [3.63, 3.8) is 0 Å². The van der Waals surface area contributed by atoms with Crippen LogP contribution in [0.2, 0.25) is 0 Å². The molecule has 58 valence electrons. The lowest BCUT2D eigenvalue weighted by molar-refractivity contribution is 0.230. The van der Waals surface area contributed by atoms with Gasteiger partial charge in [0.2, 0.25) is 5.88 Å². The Kier molecular flexibility index (Phi) is 1.42. The van der Waals surface area contributed by atoms with Crippen molar-refractivity contribution in [1.29, 1.82) is 0 Å². The fraction of sp³-hybridized carbons (Fsp3) is 0.375. The van der Waals surface area contributed by atoms with Crippen LogP contribution in [0.3, 0.4) is 0 Å². The number of aryl methyl sites for hydroxylation is 1. The summed E-state index contributed by atoms with van der Waals surface area (Å²) in [5, 5.41) is 4.15. The van der Waals surface area contributed by atoms with Crippen molar-refractivity contribution in [2.75, 3.05) is 6.61 Å². The molecule has 0 spiro atoms. The molecule has 0 aromatic carbocycles. The van der Waals surface area contributed by atoms with Gasteiger partial charge < -0.3 is 4.74 Å². The largest absolute Gasteiger partial charge is 0.477 e. The van der Waals surface area contributed by atoms with Crippen LogP contribution in [0, 0.1) is 0 Å². The fourth-order valence-electron chi connectivity index (χ4n) is 1.23. The molecule has 0 bridgehead atoms. The minimum absolute atomic E-state index is 0.798. The Morgan fingerprint density at radius 3 is 3.45 bits per heavy atom. The molecule has 0 saturated carbocycles. The highest BCUT2D eigenvalue weighted by molar-refractivity contribution is 5.52. The van der Waals surface area contributed by atoms with E-state index in [-0.39, 0.29) is 0 Å². The van der Waals surface area contributed by atoms with Crippen molar-refractivity contribution < 1.29 is 4.74 Å². The minimum atomic E-state index is 0.798. The normalized spacial score (nSPS) is 15.3. The van der Waals surface area contributed by atoms with E-state index in [1.807, 2.05) is 4.68 Å². The third-order valence-electron chi connectivity index (χ3n) is 1.79. The number of fused-ring (bicyclic) bond motifs is 1.